The molecule has 0 unspecified atom stereocenters. The number of allylic oxidation sites excluding steroid dienone is 2. The predicted octanol–water partition coefficient (Wildman–Crippen LogP) is 3.30. The zero-order valence-electron chi connectivity index (χ0n) is 13.4. The van der Waals surface area contributed by atoms with E-state index >= 15 is 0 Å². The minimum Gasteiger partial charge on any atom is -0.422 e. The van der Waals surface area contributed by atoms with Gasteiger partial charge in [0, 0.05) is 37.0 Å². The lowest BCUT2D eigenvalue weighted by molar-refractivity contribution is -0.131. The zero-order valence-corrected chi connectivity index (χ0v) is 13.4. The largest absolute Gasteiger partial charge is 0.422 e. The van der Waals surface area contributed by atoms with Gasteiger partial charge >= 0.3 is 5.97 Å². The first-order chi connectivity index (χ1) is 11.6. The molecule has 2 aromatic rings. The van der Waals surface area contributed by atoms with Crippen molar-refractivity contribution < 1.29 is 14.3 Å². The first-order valence-electron chi connectivity index (χ1n) is 7.66. The van der Waals surface area contributed by atoms with E-state index in [0.717, 1.165) is 16.8 Å². The van der Waals surface area contributed by atoms with Gasteiger partial charge in [0.15, 0.2) is 5.78 Å². The van der Waals surface area contributed by atoms with Gasteiger partial charge in [-0.1, -0.05) is 36.4 Å². The molecule has 0 spiro atoms. The highest BCUT2D eigenvalue weighted by atomic mass is 16.5. The molecular weight excluding hydrogens is 302 g/mol. The lowest BCUT2D eigenvalue weighted by Gasteiger charge is -2.15. The average Bonchev–Trinajstić information content (AvgIpc) is 2.91. The van der Waals surface area contributed by atoms with Gasteiger partial charge in [0.25, 0.3) is 0 Å². The molecule has 4 rings (SSSR count). The fourth-order valence-corrected chi connectivity index (χ4v) is 3.10. The van der Waals surface area contributed by atoms with Gasteiger partial charge in [0.05, 0.1) is 5.57 Å². The third-order valence-electron chi connectivity index (χ3n) is 4.30. The number of hydrogen-bond donors (Lipinski definition) is 0. The van der Waals surface area contributed by atoms with Crippen LogP contribution in [0.2, 0.25) is 0 Å². The SMILES string of the molecule is CN(C)c1ccc(C2=C3C(=CC(=O)c4ccccc43)OC2=O)cc1. The van der Waals surface area contributed by atoms with Gasteiger partial charge in [-0.15, -0.1) is 0 Å². The maximum Gasteiger partial charge on any atom is 0.344 e. The van der Waals surface area contributed by atoms with Gasteiger partial charge < -0.3 is 9.64 Å². The van der Waals surface area contributed by atoms with Crippen LogP contribution in [0.25, 0.3) is 11.1 Å². The number of nitrogens with zero attached hydrogens (tertiary/aromatic N) is 1. The zero-order chi connectivity index (χ0) is 16.8. The fourth-order valence-electron chi connectivity index (χ4n) is 3.10. The fraction of sp³-hybridized carbons (Fsp3) is 0.100. The number of ether oxygens (including phenoxy) is 1. The van der Waals surface area contributed by atoms with Crippen molar-refractivity contribution in [2.24, 2.45) is 0 Å². The second kappa shape index (κ2) is 5.20. The maximum atomic E-state index is 12.4. The molecule has 0 N–H and O–H groups in total. The smallest absolute Gasteiger partial charge is 0.344 e. The summed E-state index contributed by atoms with van der Waals surface area (Å²) >= 11 is 0. The topological polar surface area (TPSA) is 46.6 Å². The molecule has 0 saturated carbocycles. The molecule has 24 heavy (non-hydrogen) atoms. The molecule has 2 aromatic carbocycles. The van der Waals surface area contributed by atoms with Crippen molar-refractivity contribution in [3.63, 3.8) is 0 Å². The number of fused-ring (bicyclic) bond motifs is 3. The van der Waals surface area contributed by atoms with Crippen LogP contribution >= 0.6 is 0 Å². The molecule has 0 amide bonds. The van der Waals surface area contributed by atoms with E-state index in [-0.39, 0.29) is 5.78 Å². The van der Waals surface area contributed by atoms with E-state index in [0.29, 0.717) is 22.5 Å². The van der Waals surface area contributed by atoms with Crippen molar-refractivity contribution >= 4 is 28.6 Å². The van der Waals surface area contributed by atoms with Gasteiger partial charge in [0.1, 0.15) is 5.76 Å². The van der Waals surface area contributed by atoms with Crippen molar-refractivity contribution in [3.05, 3.63) is 77.1 Å². The molecule has 1 heterocycles. The second-order valence-corrected chi connectivity index (χ2v) is 6.00. The highest BCUT2D eigenvalue weighted by molar-refractivity contribution is 6.33. The Bertz CT molecular complexity index is 934. The molecule has 1 aliphatic heterocycles. The van der Waals surface area contributed by atoms with Gasteiger partial charge in [-0.2, -0.15) is 0 Å². The van der Waals surface area contributed by atoms with Gasteiger partial charge in [0.2, 0.25) is 0 Å². The molecule has 2 aliphatic rings. The second-order valence-electron chi connectivity index (χ2n) is 6.00. The number of carbonyl (C=O) groups is 2. The minimum absolute atomic E-state index is 0.138. The van der Waals surface area contributed by atoms with E-state index in [1.807, 2.05) is 61.5 Å². The molecule has 0 fully saturated rings. The van der Waals surface area contributed by atoms with Crippen LogP contribution in [0.4, 0.5) is 5.69 Å². The average molecular weight is 317 g/mol. The number of hydrogen-bond acceptors (Lipinski definition) is 4. The maximum absolute atomic E-state index is 12.4. The van der Waals surface area contributed by atoms with Crippen molar-refractivity contribution in [1.29, 1.82) is 0 Å². The highest BCUT2D eigenvalue weighted by Gasteiger charge is 2.36. The molecule has 4 nitrogen and oxygen atoms in total. The van der Waals surface area contributed by atoms with E-state index in [4.69, 9.17) is 4.74 Å². The van der Waals surface area contributed by atoms with Crippen LogP contribution in [-0.2, 0) is 9.53 Å². The quantitative estimate of drug-likeness (QED) is 0.797. The normalized spacial score (nSPS) is 15.7. The number of benzene rings is 2. The first-order valence-corrected chi connectivity index (χ1v) is 7.66. The molecule has 0 atom stereocenters. The van der Waals surface area contributed by atoms with Crippen LogP contribution in [0, 0.1) is 0 Å². The van der Waals surface area contributed by atoms with Crippen molar-refractivity contribution in [2.75, 3.05) is 19.0 Å². The lowest BCUT2D eigenvalue weighted by Crippen LogP contribution is -2.08. The monoisotopic (exact) mass is 317 g/mol. The Balaban J connectivity index is 1.93. The van der Waals surface area contributed by atoms with Crippen molar-refractivity contribution in [3.8, 4) is 0 Å². The molecule has 118 valence electrons. The Labute approximate surface area is 139 Å². The predicted molar refractivity (Wildman–Crippen MR) is 92.5 cm³/mol. The standard InChI is InChI=1S/C20H15NO3/c1-21(2)13-9-7-12(8-10-13)18-19-15-6-4-3-5-14(15)16(22)11-17(19)24-20(18)23/h3-11H,1-2H3. The lowest BCUT2D eigenvalue weighted by atomic mass is 9.87. The molecule has 4 heteroatoms. The summed E-state index contributed by atoms with van der Waals surface area (Å²) in [6.07, 6.45) is 1.40. The highest BCUT2D eigenvalue weighted by Crippen LogP contribution is 2.43. The summed E-state index contributed by atoms with van der Waals surface area (Å²) < 4.78 is 5.35. The number of carbonyl (C=O) groups excluding carboxylic acids is 2. The van der Waals surface area contributed by atoms with E-state index in [1.54, 1.807) is 6.07 Å². The summed E-state index contributed by atoms with van der Waals surface area (Å²) in [6.45, 7) is 0. The molecule has 1 aliphatic carbocycles. The van der Waals surface area contributed by atoms with Gasteiger partial charge in [-0.25, -0.2) is 4.79 Å². The molecule has 0 bridgehead atoms. The van der Waals surface area contributed by atoms with Crippen LogP contribution < -0.4 is 4.90 Å². The van der Waals surface area contributed by atoms with Crippen LogP contribution in [0.1, 0.15) is 21.5 Å². The van der Waals surface area contributed by atoms with Gasteiger partial charge in [-0.3, -0.25) is 4.79 Å². The third kappa shape index (κ3) is 2.07. The van der Waals surface area contributed by atoms with E-state index < -0.39 is 5.97 Å². The third-order valence-corrected chi connectivity index (χ3v) is 4.30. The number of rotatable bonds is 2. The molecular formula is C20H15NO3. The molecule has 0 saturated heterocycles. The number of anilines is 1. The summed E-state index contributed by atoms with van der Waals surface area (Å²) in [4.78, 5) is 26.6. The van der Waals surface area contributed by atoms with Gasteiger partial charge in [-0.05, 0) is 23.3 Å². The van der Waals surface area contributed by atoms with E-state index in [1.165, 1.54) is 6.08 Å². The summed E-state index contributed by atoms with van der Waals surface area (Å²) in [6, 6.07) is 15.0. The van der Waals surface area contributed by atoms with Crippen molar-refractivity contribution in [2.45, 2.75) is 0 Å². The Kier molecular flexibility index (Phi) is 3.13. The van der Waals surface area contributed by atoms with E-state index in [9.17, 15) is 9.59 Å². The van der Waals surface area contributed by atoms with Crippen LogP contribution in [0.15, 0.2) is 60.4 Å². The number of esters is 1. The molecule has 0 radical (unpaired) electrons. The summed E-state index contributed by atoms with van der Waals surface area (Å²) in [5.41, 5.74) is 4.38. The summed E-state index contributed by atoms with van der Waals surface area (Å²) in [5, 5.41) is 0. The Hall–Kier alpha value is -3.14. The van der Waals surface area contributed by atoms with Crippen LogP contribution in [-0.4, -0.2) is 25.8 Å². The van der Waals surface area contributed by atoms with Crippen molar-refractivity contribution in [1.82, 2.24) is 0 Å². The number of ketones is 1. The minimum atomic E-state index is -0.418. The Morgan fingerprint density at radius 3 is 2.17 bits per heavy atom. The first kappa shape index (κ1) is 14.5. The van der Waals surface area contributed by atoms with Crippen LogP contribution in [0.5, 0.6) is 0 Å². The summed E-state index contributed by atoms with van der Waals surface area (Å²) in [7, 11) is 3.93. The van der Waals surface area contributed by atoms with E-state index in [2.05, 4.69) is 0 Å². The summed E-state index contributed by atoms with van der Waals surface area (Å²) in [5.74, 6) is -0.213. The Morgan fingerprint density at radius 1 is 0.833 bits per heavy atom. The Morgan fingerprint density at radius 2 is 1.50 bits per heavy atom. The van der Waals surface area contributed by atoms with Crippen LogP contribution in [0.3, 0.4) is 0 Å². The molecule has 0 aromatic heterocycles.